The first-order valence-corrected chi connectivity index (χ1v) is 9.47. The summed E-state index contributed by atoms with van der Waals surface area (Å²) in [6.45, 7) is 6.71. The van der Waals surface area contributed by atoms with Crippen LogP contribution in [0, 0.1) is 5.95 Å². The fourth-order valence-corrected chi connectivity index (χ4v) is 3.54. The second kappa shape index (κ2) is 7.60. The summed E-state index contributed by atoms with van der Waals surface area (Å²) in [4.78, 5) is 14.7. The van der Waals surface area contributed by atoms with Gasteiger partial charge in [0.2, 0.25) is 11.9 Å². The zero-order valence-electron chi connectivity index (χ0n) is 16.7. The van der Waals surface area contributed by atoms with Gasteiger partial charge in [0.1, 0.15) is 5.69 Å². The monoisotopic (exact) mass is 393 g/mol. The number of aryl methyl sites for hydroxylation is 1. The molecule has 1 saturated carbocycles. The molecular formula is C21H26F3N3O. The minimum absolute atomic E-state index is 0.0789. The highest BCUT2D eigenvalue weighted by Crippen LogP contribution is 2.33. The van der Waals surface area contributed by atoms with Crippen molar-refractivity contribution in [3.8, 4) is 0 Å². The second-order valence-corrected chi connectivity index (χ2v) is 8.42. The third kappa shape index (κ3) is 4.23. The lowest BCUT2D eigenvalue weighted by molar-refractivity contribution is -0.131. The Morgan fingerprint density at radius 3 is 2.50 bits per heavy atom. The number of carbonyl (C=O) groups is 1. The number of amides is 1. The maximum atomic E-state index is 14.3. The van der Waals surface area contributed by atoms with Crippen molar-refractivity contribution in [1.82, 2.24) is 14.7 Å². The standard InChI is InChI=1S/C21H26F3N3O/c1-21(2,3)16-8-6-5-7-13(16)12-27(14-9-10-14)17(28)11-15-18(19(22)23)25-26(4)20(15)24/h5-8,14,19H,9-12H2,1-4H3. The zero-order valence-corrected chi connectivity index (χ0v) is 16.7. The van der Waals surface area contributed by atoms with Gasteiger partial charge in [-0.05, 0) is 29.4 Å². The molecule has 0 atom stereocenters. The van der Waals surface area contributed by atoms with Crippen LogP contribution in [0.1, 0.15) is 62.4 Å². The van der Waals surface area contributed by atoms with E-state index in [2.05, 4.69) is 25.9 Å². The molecule has 0 bridgehead atoms. The minimum atomic E-state index is -2.92. The van der Waals surface area contributed by atoms with Crippen LogP contribution in [-0.2, 0) is 30.2 Å². The molecule has 4 nitrogen and oxygen atoms in total. The molecule has 152 valence electrons. The smallest absolute Gasteiger partial charge is 0.282 e. The number of aromatic nitrogens is 2. The molecular weight excluding hydrogens is 367 g/mol. The van der Waals surface area contributed by atoms with Crippen molar-refractivity contribution in [2.24, 2.45) is 7.05 Å². The van der Waals surface area contributed by atoms with Crippen molar-refractivity contribution in [1.29, 1.82) is 0 Å². The molecule has 28 heavy (non-hydrogen) atoms. The Hall–Kier alpha value is -2.31. The molecule has 0 N–H and O–H groups in total. The summed E-state index contributed by atoms with van der Waals surface area (Å²) in [5.74, 6) is -1.23. The Labute approximate surface area is 163 Å². The predicted octanol–water partition coefficient (Wildman–Crippen LogP) is 4.53. The summed E-state index contributed by atoms with van der Waals surface area (Å²) in [5, 5.41) is 3.53. The highest BCUT2D eigenvalue weighted by Gasteiger charge is 2.35. The molecule has 3 rings (SSSR count). The number of halogens is 3. The third-order valence-corrected chi connectivity index (χ3v) is 5.11. The predicted molar refractivity (Wildman–Crippen MR) is 101 cm³/mol. The largest absolute Gasteiger partial charge is 0.335 e. The molecule has 0 aliphatic heterocycles. The Bertz CT molecular complexity index is 866. The van der Waals surface area contributed by atoms with Crippen molar-refractivity contribution in [2.45, 2.75) is 64.5 Å². The Kier molecular flexibility index (Phi) is 5.55. The lowest BCUT2D eigenvalue weighted by atomic mass is 9.83. The van der Waals surface area contributed by atoms with Crippen LogP contribution >= 0.6 is 0 Å². The molecule has 7 heteroatoms. The summed E-state index contributed by atoms with van der Waals surface area (Å²) in [5.41, 5.74) is 1.11. The van der Waals surface area contributed by atoms with E-state index >= 15 is 0 Å². The first kappa shape index (κ1) is 20.4. The molecule has 0 saturated heterocycles. The molecule has 1 fully saturated rings. The molecule has 0 spiro atoms. The Morgan fingerprint density at radius 2 is 1.93 bits per heavy atom. The Morgan fingerprint density at radius 1 is 1.29 bits per heavy atom. The highest BCUT2D eigenvalue weighted by molar-refractivity contribution is 5.79. The number of rotatable bonds is 6. The fourth-order valence-electron chi connectivity index (χ4n) is 3.54. The molecule has 2 aromatic rings. The van der Waals surface area contributed by atoms with Crippen molar-refractivity contribution in [3.63, 3.8) is 0 Å². The topological polar surface area (TPSA) is 38.1 Å². The van der Waals surface area contributed by atoms with E-state index in [4.69, 9.17) is 0 Å². The number of nitrogens with zero attached hydrogens (tertiary/aromatic N) is 3. The molecule has 1 aliphatic carbocycles. The summed E-state index contributed by atoms with van der Waals surface area (Å²) >= 11 is 0. The van der Waals surface area contributed by atoms with E-state index in [1.165, 1.54) is 7.05 Å². The molecule has 1 heterocycles. The maximum absolute atomic E-state index is 14.3. The number of hydrogen-bond acceptors (Lipinski definition) is 2. The van der Waals surface area contributed by atoms with Crippen molar-refractivity contribution < 1.29 is 18.0 Å². The maximum Gasteiger partial charge on any atom is 0.282 e. The third-order valence-electron chi connectivity index (χ3n) is 5.11. The average Bonchev–Trinajstić information content (AvgIpc) is 3.41. The van der Waals surface area contributed by atoms with Gasteiger partial charge in [-0.1, -0.05) is 45.0 Å². The molecule has 0 unspecified atom stereocenters. The van der Waals surface area contributed by atoms with Crippen molar-refractivity contribution >= 4 is 5.91 Å². The molecule has 1 aromatic heterocycles. The summed E-state index contributed by atoms with van der Waals surface area (Å²) in [6.07, 6.45) is -1.58. The van der Waals surface area contributed by atoms with Gasteiger partial charge in [-0.2, -0.15) is 9.49 Å². The first-order chi connectivity index (χ1) is 13.1. The van der Waals surface area contributed by atoms with Crippen LogP contribution in [0.4, 0.5) is 13.2 Å². The SMILES string of the molecule is Cn1nc(C(F)F)c(CC(=O)N(Cc2ccccc2C(C)(C)C)C2CC2)c1F. The van der Waals surface area contributed by atoms with Crippen molar-refractivity contribution in [2.75, 3.05) is 0 Å². The van der Waals surface area contributed by atoms with Crippen LogP contribution < -0.4 is 0 Å². The van der Waals surface area contributed by atoms with E-state index in [1.807, 2.05) is 24.3 Å². The van der Waals surface area contributed by atoms with Gasteiger partial charge in [-0.3, -0.25) is 4.79 Å². The van der Waals surface area contributed by atoms with E-state index in [0.29, 0.717) is 6.54 Å². The lowest BCUT2D eigenvalue weighted by Crippen LogP contribution is -2.35. The van der Waals surface area contributed by atoms with E-state index < -0.39 is 24.5 Å². The van der Waals surface area contributed by atoms with Gasteiger partial charge in [0, 0.05) is 25.2 Å². The highest BCUT2D eigenvalue weighted by atomic mass is 19.3. The molecule has 1 amide bonds. The van der Waals surface area contributed by atoms with E-state index in [1.54, 1.807) is 4.90 Å². The lowest BCUT2D eigenvalue weighted by Gasteiger charge is -2.28. The van der Waals surface area contributed by atoms with Crippen LogP contribution in [0.3, 0.4) is 0 Å². The van der Waals surface area contributed by atoms with Gasteiger partial charge in [-0.15, -0.1) is 0 Å². The van der Waals surface area contributed by atoms with Crippen LogP contribution in [0.25, 0.3) is 0 Å². The molecule has 1 aromatic carbocycles. The van der Waals surface area contributed by atoms with Crippen LogP contribution in [0.2, 0.25) is 0 Å². The van der Waals surface area contributed by atoms with Gasteiger partial charge in [-0.25, -0.2) is 13.5 Å². The van der Waals surface area contributed by atoms with Gasteiger partial charge in [0.05, 0.1) is 6.42 Å². The first-order valence-electron chi connectivity index (χ1n) is 9.47. The number of carbonyl (C=O) groups excluding carboxylic acids is 1. The number of hydrogen-bond donors (Lipinski definition) is 0. The van der Waals surface area contributed by atoms with E-state index in [0.717, 1.165) is 28.7 Å². The molecule has 1 aliphatic rings. The number of benzene rings is 1. The average molecular weight is 393 g/mol. The van der Waals surface area contributed by atoms with E-state index in [9.17, 15) is 18.0 Å². The van der Waals surface area contributed by atoms with Gasteiger partial charge >= 0.3 is 0 Å². The fraction of sp³-hybridized carbons (Fsp3) is 0.524. The van der Waals surface area contributed by atoms with Crippen LogP contribution in [0.5, 0.6) is 0 Å². The second-order valence-electron chi connectivity index (χ2n) is 8.42. The quantitative estimate of drug-likeness (QED) is 0.723. The van der Waals surface area contributed by atoms with Gasteiger partial charge in [0.15, 0.2) is 0 Å². The zero-order chi connectivity index (χ0) is 20.6. The minimum Gasteiger partial charge on any atom is -0.335 e. The van der Waals surface area contributed by atoms with Gasteiger partial charge in [0.25, 0.3) is 6.43 Å². The number of alkyl halides is 2. The van der Waals surface area contributed by atoms with Crippen LogP contribution in [0.15, 0.2) is 24.3 Å². The summed E-state index contributed by atoms with van der Waals surface area (Å²) in [6, 6.07) is 8.00. The van der Waals surface area contributed by atoms with Crippen LogP contribution in [-0.4, -0.2) is 26.6 Å². The normalized spacial score (nSPS) is 14.6. The molecule has 0 radical (unpaired) electrons. The van der Waals surface area contributed by atoms with E-state index in [-0.39, 0.29) is 22.9 Å². The van der Waals surface area contributed by atoms with Gasteiger partial charge < -0.3 is 4.90 Å². The summed E-state index contributed by atoms with van der Waals surface area (Å²) in [7, 11) is 1.26. The summed E-state index contributed by atoms with van der Waals surface area (Å²) < 4.78 is 41.4. The van der Waals surface area contributed by atoms with Crippen molar-refractivity contribution in [3.05, 3.63) is 52.6 Å². The Balaban J connectivity index is 1.86.